The summed E-state index contributed by atoms with van der Waals surface area (Å²) in [6, 6.07) is 3.62. The maximum absolute atomic E-state index is 12.7. The molecule has 2 aromatic rings. The molecule has 0 aliphatic carbocycles. The quantitative estimate of drug-likeness (QED) is 0.920. The minimum atomic E-state index is -3.50. The summed E-state index contributed by atoms with van der Waals surface area (Å²) in [7, 11) is -3.50. The summed E-state index contributed by atoms with van der Waals surface area (Å²) in [5.74, 6) is 0. The van der Waals surface area contributed by atoms with Crippen LogP contribution in [0.4, 0.5) is 5.13 Å². The maximum atomic E-state index is 12.7. The van der Waals surface area contributed by atoms with Gasteiger partial charge in [0.2, 0.25) is 10.0 Å². The molecule has 0 amide bonds. The van der Waals surface area contributed by atoms with E-state index in [0.717, 1.165) is 34.8 Å². The molecular formula is C16H21N3O2S2. The van der Waals surface area contributed by atoms with E-state index in [9.17, 15) is 8.42 Å². The highest BCUT2D eigenvalue weighted by atomic mass is 32.2. The standard InChI is InChI=1S/C16H21N3O2S2/c1-11-8-13(3)15(9-12(11)2)23(20,21)18-14-4-6-19(10-14)16-17-5-7-22-16/h5,7-9,14,18H,4,6,10H2,1-3H3. The molecule has 0 bridgehead atoms. The summed E-state index contributed by atoms with van der Waals surface area (Å²) in [5.41, 5.74) is 2.89. The molecule has 0 radical (unpaired) electrons. The number of aryl methyl sites for hydroxylation is 3. The lowest BCUT2D eigenvalue weighted by molar-refractivity contribution is 0.560. The zero-order valence-electron chi connectivity index (χ0n) is 13.5. The van der Waals surface area contributed by atoms with Gasteiger partial charge in [-0.1, -0.05) is 6.07 Å². The highest BCUT2D eigenvalue weighted by Gasteiger charge is 2.29. The van der Waals surface area contributed by atoms with E-state index < -0.39 is 10.0 Å². The van der Waals surface area contributed by atoms with Crippen LogP contribution in [-0.2, 0) is 10.0 Å². The van der Waals surface area contributed by atoms with Crippen molar-refractivity contribution >= 4 is 26.5 Å². The lowest BCUT2D eigenvalue weighted by atomic mass is 10.1. The Labute approximate surface area is 141 Å². The van der Waals surface area contributed by atoms with Crippen molar-refractivity contribution in [2.75, 3.05) is 18.0 Å². The zero-order chi connectivity index (χ0) is 16.6. The highest BCUT2D eigenvalue weighted by molar-refractivity contribution is 7.89. The van der Waals surface area contributed by atoms with Crippen molar-refractivity contribution in [2.45, 2.75) is 38.1 Å². The number of rotatable bonds is 4. The molecule has 1 aromatic heterocycles. The molecule has 1 aliphatic rings. The molecule has 1 unspecified atom stereocenters. The summed E-state index contributed by atoms with van der Waals surface area (Å²) in [5, 5.41) is 2.89. The number of sulfonamides is 1. The van der Waals surface area contributed by atoms with Crippen LogP contribution in [0.5, 0.6) is 0 Å². The summed E-state index contributed by atoms with van der Waals surface area (Å²) in [6.45, 7) is 7.27. The Morgan fingerprint density at radius 1 is 1.22 bits per heavy atom. The van der Waals surface area contributed by atoms with Crippen molar-refractivity contribution in [1.82, 2.24) is 9.71 Å². The Hall–Kier alpha value is -1.44. The third-order valence-electron chi connectivity index (χ3n) is 4.28. The van der Waals surface area contributed by atoms with Crippen molar-refractivity contribution in [3.05, 3.63) is 40.4 Å². The number of thiazole rings is 1. The van der Waals surface area contributed by atoms with Crippen LogP contribution in [0.1, 0.15) is 23.1 Å². The predicted octanol–water partition coefficient (Wildman–Crippen LogP) is 2.63. The first-order valence-corrected chi connectivity index (χ1v) is 9.98. The van der Waals surface area contributed by atoms with Gasteiger partial charge in [-0.2, -0.15) is 0 Å². The first kappa shape index (κ1) is 16.4. The van der Waals surface area contributed by atoms with E-state index >= 15 is 0 Å². The van der Waals surface area contributed by atoms with Gasteiger partial charge in [0.1, 0.15) is 0 Å². The van der Waals surface area contributed by atoms with E-state index in [1.165, 1.54) is 0 Å². The molecule has 2 heterocycles. The molecule has 0 saturated carbocycles. The third kappa shape index (κ3) is 3.41. The van der Waals surface area contributed by atoms with E-state index in [-0.39, 0.29) is 6.04 Å². The van der Waals surface area contributed by atoms with Crippen molar-refractivity contribution in [1.29, 1.82) is 0 Å². The molecule has 23 heavy (non-hydrogen) atoms. The SMILES string of the molecule is Cc1cc(C)c(S(=O)(=O)NC2CCN(c3nccs3)C2)cc1C. The average molecular weight is 351 g/mol. The van der Waals surface area contributed by atoms with Gasteiger partial charge in [0.05, 0.1) is 4.90 Å². The van der Waals surface area contributed by atoms with Gasteiger partial charge in [0.25, 0.3) is 0 Å². The molecule has 1 atom stereocenters. The Balaban J connectivity index is 1.76. The molecule has 3 rings (SSSR count). The van der Waals surface area contributed by atoms with Gasteiger partial charge >= 0.3 is 0 Å². The molecule has 1 saturated heterocycles. The average Bonchev–Trinajstić information content (AvgIpc) is 3.12. The highest BCUT2D eigenvalue weighted by Crippen LogP contribution is 2.24. The van der Waals surface area contributed by atoms with Gasteiger partial charge in [0.15, 0.2) is 5.13 Å². The largest absolute Gasteiger partial charge is 0.346 e. The van der Waals surface area contributed by atoms with Crippen molar-refractivity contribution < 1.29 is 8.42 Å². The fraction of sp³-hybridized carbons (Fsp3) is 0.438. The molecule has 1 fully saturated rings. The van der Waals surface area contributed by atoms with Gasteiger partial charge < -0.3 is 4.90 Å². The maximum Gasteiger partial charge on any atom is 0.241 e. The molecule has 1 aliphatic heterocycles. The van der Waals surface area contributed by atoms with Gasteiger partial charge in [-0.25, -0.2) is 18.1 Å². The van der Waals surface area contributed by atoms with Crippen molar-refractivity contribution in [3.8, 4) is 0 Å². The number of benzene rings is 1. The fourth-order valence-corrected chi connectivity index (χ4v) is 5.16. The van der Waals surface area contributed by atoms with Crippen LogP contribution in [-0.4, -0.2) is 32.5 Å². The summed E-state index contributed by atoms with van der Waals surface area (Å²) in [4.78, 5) is 6.80. The molecule has 5 nitrogen and oxygen atoms in total. The van der Waals surface area contributed by atoms with Crippen LogP contribution < -0.4 is 9.62 Å². The fourth-order valence-electron chi connectivity index (χ4n) is 2.91. The van der Waals surface area contributed by atoms with Crippen LogP contribution in [0.3, 0.4) is 0 Å². The van der Waals surface area contributed by atoms with Crippen LogP contribution >= 0.6 is 11.3 Å². The van der Waals surface area contributed by atoms with E-state index in [2.05, 4.69) is 14.6 Å². The number of nitrogens with zero attached hydrogens (tertiary/aromatic N) is 2. The summed E-state index contributed by atoms with van der Waals surface area (Å²) < 4.78 is 28.3. The smallest absolute Gasteiger partial charge is 0.241 e. The van der Waals surface area contributed by atoms with E-state index in [4.69, 9.17) is 0 Å². The van der Waals surface area contributed by atoms with Gasteiger partial charge in [-0.05, 0) is 49.9 Å². The van der Waals surface area contributed by atoms with E-state index in [1.807, 2.05) is 32.2 Å². The van der Waals surface area contributed by atoms with Crippen LogP contribution in [0.2, 0.25) is 0 Å². The summed E-state index contributed by atoms with van der Waals surface area (Å²) in [6.07, 6.45) is 2.57. The normalized spacial score (nSPS) is 18.6. The monoisotopic (exact) mass is 351 g/mol. The van der Waals surface area contributed by atoms with Crippen LogP contribution in [0.25, 0.3) is 0 Å². The Kier molecular flexibility index (Phi) is 4.44. The molecular weight excluding hydrogens is 330 g/mol. The number of hydrogen-bond acceptors (Lipinski definition) is 5. The van der Waals surface area contributed by atoms with Crippen LogP contribution in [0, 0.1) is 20.8 Å². The van der Waals surface area contributed by atoms with Crippen molar-refractivity contribution in [2.24, 2.45) is 0 Å². The zero-order valence-corrected chi connectivity index (χ0v) is 15.2. The first-order valence-electron chi connectivity index (χ1n) is 7.61. The Morgan fingerprint density at radius 3 is 2.65 bits per heavy atom. The van der Waals surface area contributed by atoms with E-state index in [1.54, 1.807) is 23.6 Å². The second-order valence-corrected chi connectivity index (χ2v) is 8.62. The van der Waals surface area contributed by atoms with E-state index in [0.29, 0.717) is 11.4 Å². The van der Waals surface area contributed by atoms with Gasteiger partial charge in [-0.15, -0.1) is 11.3 Å². The predicted molar refractivity (Wildman–Crippen MR) is 93.7 cm³/mol. The molecule has 1 aromatic carbocycles. The van der Waals surface area contributed by atoms with Gasteiger partial charge in [0, 0.05) is 30.7 Å². The first-order chi connectivity index (χ1) is 10.9. The summed E-state index contributed by atoms with van der Waals surface area (Å²) >= 11 is 1.58. The second-order valence-electron chi connectivity index (χ2n) is 6.07. The van der Waals surface area contributed by atoms with Crippen molar-refractivity contribution in [3.63, 3.8) is 0 Å². The minimum absolute atomic E-state index is 0.0788. The van der Waals surface area contributed by atoms with Crippen LogP contribution in [0.15, 0.2) is 28.6 Å². The second kappa shape index (κ2) is 6.22. The van der Waals surface area contributed by atoms with Gasteiger partial charge in [-0.3, -0.25) is 0 Å². The third-order valence-corrected chi connectivity index (χ3v) is 6.78. The lowest BCUT2D eigenvalue weighted by Gasteiger charge is -2.17. The molecule has 7 heteroatoms. The minimum Gasteiger partial charge on any atom is -0.346 e. The lowest BCUT2D eigenvalue weighted by Crippen LogP contribution is -2.37. The number of aromatic nitrogens is 1. The molecule has 1 N–H and O–H groups in total. The Bertz CT molecular complexity index is 801. The number of hydrogen-bond donors (Lipinski definition) is 1. The Morgan fingerprint density at radius 2 is 1.96 bits per heavy atom. The topological polar surface area (TPSA) is 62.3 Å². The molecule has 124 valence electrons. The molecule has 0 spiro atoms. The number of anilines is 1. The number of nitrogens with one attached hydrogen (secondary N) is 1.